The Bertz CT molecular complexity index is 981. The summed E-state index contributed by atoms with van der Waals surface area (Å²) in [6.07, 6.45) is 7.66. The molecule has 5 rings (SSSR count). The number of carbonyl (C=O) groups excluding carboxylic acids is 1. The molecule has 0 radical (unpaired) electrons. The maximum Gasteiger partial charge on any atom is 0.225 e. The molecule has 0 bridgehead atoms. The summed E-state index contributed by atoms with van der Waals surface area (Å²) in [4.78, 5) is 20.9. The highest BCUT2D eigenvalue weighted by Gasteiger charge is 2.37. The van der Waals surface area contributed by atoms with Crippen LogP contribution in [0, 0.1) is 5.92 Å². The highest BCUT2D eigenvalue weighted by molar-refractivity contribution is 5.81. The van der Waals surface area contributed by atoms with Gasteiger partial charge in [-0.25, -0.2) is 4.52 Å². The SMILES string of the molecule is CN1CCN(C(=O)C2CC2)C[C@@H]1c1nnn2cc(-c3ccncc3)ccc12. The molecular formula is C20H22N6O. The summed E-state index contributed by atoms with van der Waals surface area (Å²) in [7, 11) is 2.10. The van der Waals surface area contributed by atoms with Crippen molar-refractivity contribution in [2.75, 3.05) is 26.7 Å². The number of rotatable bonds is 3. The van der Waals surface area contributed by atoms with Crippen LogP contribution in [-0.4, -0.2) is 62.2 Å². The third-order valence-electron chi connectivity index (χ3n) is 5.66. The quantitative estimate of drug-likeness (QED) is 0.713. The van der Waals surface area contributed by atoms with Crippen molar-refractivity contribution < 1.29 is 4.79 Å². The van der Waals surface area contributed by atoms with Crippen LogP contribution in [0.15, 0.2) is 42.9 Å². The molecule has 1 saturated carbocycles. The van der Waals surface area contributed by atoms with Gasteiger partial charge in [0, 0.05) is 49.7 Å². The van der Waals surface area contributed by atoms with Gasteiger partial charge in [0.25, 0.3) is 0 Å². The molecule has 0 unspecified atom stereocenters. The van der Waals surface area contributed by atoms with Crippen molar-refractivity contribution in [3.63, 3.8) is 0 Å². The minimum Gasteiger partial charge on any atom is -0.339 e. The molecule has 0 N–H and O–H groups in total. The highest BCUT2D eigenvalue weighted by Crippen LogP contribution is 2.34. The molecule has 3 aromatic rings. The maximum atomic E-state index is 12.5. The molecule has 138 valence electrons. The Morgan fingerprint density at radius 2 is 1.89 bits per heavy atom. The summed E-state index contributed by atoms with van der Waals surface area (Å²) < 4.78 is 1.83. The fraction of sp³-hybridized carbons (Fsp3) is 0.400. The largest absolute Gasteiger partial charge is 0.339 e. The summed E-state index contributed by atoms with van der Waals surface area (Å²) in [6.45, 7) is 2.34. The van der Waals surface area contributed by atoms with E-state index in [9.17, 15) is 4.79 Å². The second kappa shape index (κ2) is 6.42. The van der Waals surface area contributed by atoms with Crippen molar-refractivity contribution in [1.29, 1.82) is 0 Å². The maximum absolute atomic E-state index is 12.5. The van der Waals surface area contributed by atoms with Crippen LogP contribution in [0.5, 0.6) is 0 Å². The van der Waals surface area contributed by atoms with Crippen molar-refractivity contribution in [2.24, 2.45) is 5.92 Å². The molecule has 4 heterocycles. The molecule has 0 spiro atoms. The van der Waals surface area contributed by atoms with Crippen LogP contribution < -0.4 is 0 Å². The van der Waals surface area contributed by atoms with Crippen LogP contribution in [-0.2, 0) is 4.79 Å². The Balaban J connectivity index is 1.46. The number of nitrogens with zero attached hydrogens (tertiary/aromatic N) is 6. The Hall–Kier alpha value is -2.80. The lowest BCUT2D eigenvalue weighted by atomic mass is 10.1. The zero-order chi connectivity index (χ0) is 18.4. The molecule has 7 nitrogen and oxygen atoms in total. The summed E-state index contributed by atoms with van der Waals surface area (Å²) >= 11 is 0. The smallest absolute Gasteiger partial charge is 0.225 e. The molecule has 0 aromatic carbocycles. The second-order valence-corrected chi connectivity index (χ2v) is 7.51. The van der Waals surface area contributed by atoms with E-state index < -0.39 is 0 Å². The van der Waals surface area contributed by atoms with Gasteiger partial charge in [-0.05, 0) is 43.7 Å². The molecule has 1 aliphatic heterocycles. The normalized spacial score (nSPS) is 20.9. The minimum absolute atomic E-state index is 0.0747. The van der Waals surface area contributed by atoms with Crippen molar-refractivity contribution in [1.82, 2.24) is 29.6 Å². The first-order chi connectivity index (χ1) is 13.2. The van der Waals surface area contributed by atoms with Crippen molar-refractivity contribution in [3.05, 3.63) is 48.5 Å². The minimum atomic E-state index is 0.0747. The molecule has 7 heteroatoms. The Morgan fingerprint density at radius 1 is 1.07 bits per heavy atom. The Labute approximate surface area is 157 Å². The average Bonchev–Trinajstić information content (AvgIpc) is 3.48. The van der Waals surface area contributed by atoms with Gasteiger partial charge >= 0.3 is 0 Å². The number of aromatic nitrogens is 4. The molecule has 27 heavy (non-hydrogen) atoms. The molecule has 1 amide bonds. The van der Waals surface area contributed by atoms with Gasteiger partial charge in [-0.3, -0.25) is 14.7 Å². The van der Waals surface area contributed by atoms with Crippen molar-refractivity contribution in [3.8, 4) is 11.1 Å². The third-order valence-corrected chi connectivity index (χ3v) is 5.66. The summed E-state index contributed by atoms with van der Waals surface area (Å²) in [5.41, 5.74) is 4.10. The molecule has 2 fully saturated rings. The Kier molecular flexibility index (Phi) is 3.89. The lowest BCUT2D eigenvalue weighted by Gasteiger charge is -2.38. The first-order valence-corrected chi connectivity index (χ1v) is 9.45. The van der Waals surface area contributed by atoms with Crippen LogP contribution in [0.4, 0.5) is 0 Å². The predicted molar refractivity (Wildman–Crippen MR) is 101 cm³/mol. The summed E-state index contributed by atoms with van der Waals surface area (Å²) in [5.74, 6) is 0.568. The predicted octanol–water partition coefficient (Wildman–Crippen LogP) is 2.02. The van der Waals surface area contributed by atoms with Gasteiger partial charge in [0.1, 0.15) is 5.69 Å². The van der Waals surface area contributed by atoms with E-state index >= 15 is 0 Å². The van der Waals surface area contributed by atoms with Gasteiger partial charge in [0.15, 0.2) is 0 Å². The lowest BCUT2D eigenvalue weighted by Crippen LogP contribution is -2.49. The number of amides is 1. The summed E-state index contributed by atoms with van der Waals surface area (Å²) in [5, 5.41) is 8.83. The van der Waals surface area contributed by atoms with Gasteiger partial charge in [-0.15, -0.1) is 5.10 Å². The topological polar surface area (TPSA) is 66.6 Å². The van der Waals surface area contributed by atoms with Gasteiger partial charge < -0.3 is 4.90 Å². The van der Waals surface area contributed by atoms with Crippen LogP contribution in [0.3, 0.4) is 0 Å². The van der Waals surface area contributed by atoms with E-state index in [4.69, 9.17) is 0 Å². The number of fused-ring (bicyclic) bond motifs is 1. The Morgan fingerprint density at radius 3 is 2.67 bits per heavy atom. The third kappa shape index (κ3) is 2.98. The van der Waals surface area contributed by atoms with Crippen molar-refractivity contribution >= 4 is 11.4 Å². The van der Waals surface area contributed by atoms with Gasteiger partial charge in [0.05, 0.1) is 11.6 Å². The number of piperazine rings is 1. The van der Waals surface area contributed by atoms with Gasteiger partial charge in [-0.1, -0.05) is 11.3 Å². The standard InChI is InChI=1S/C20H22N6O/c1-24-10-11-25(20(27)15-2-3-15)13-18(24)19-17-5-4-16(12-26(17)23-22-19)14-6-8-21-9-7-14/h4-9,12,15,18H,2-3,10-11,13H2,1H3/t18-/m1/s1. The highest BCUT2D eigenvalue weighted by atomic mass is 16.2. The number of carbonyl (C=O) groups is 1. The van der Waals surface area contributed by atoms with E-state index in [0.717, 1.165) is 48.3 Å². The van der Waals surface area contributed by atoms with E-state index in [1.807, 2.05) is 27.7 Å². The number of hydrogen-bond acceptors (Lipinski definition) is 5. The van der Waals surface area contributed by atoms with Crippen LogP contribution in [0.2, 0.25) is 0 Å². The van der Waals surface area contributed by atoms with Gasteiger partial charge in [-0.2, -0.15) is 0 Å². The number of hydrogen-bond donors (Lipinski definition) is 0. The molecule has 1 atom stereocenters. The van der Waals surface area contributed by atoms with E-state index in [2.05, 4.69) is 39.4 Å². The molecule has 2 aliphatic rings. The average molecular weight is 362 g/mol. The first kappa shape index (κ1) is 16.4. The van der Waals surface area contributed by atoms with E-state index in [1.165, 1.54) is 0 Å². The lowest BCUT2D eigenvalue weighted by molar-refractivity contribution is -0.135. The van der Waals surface area contributed by atoms with Crippen LogP contribution in [0.25, 0.3) is 16.6 Å². The van der Waals surface area contributed by atoms with E-state index in [-0.39, 0.29) is 12.0 Å². The van der Waals surface area contributed by atoms with E-state index in [1.54, 1.807) is 12.4 Å². The fourth-order valence-electron chi connectivity index (χ4n) is 3.82. The monoisotopic (exact) mass is 362 g/mol. The zero-order valence-electron chi connectivity index (χ0n) is 15.3. The zero-order valence-corrected chi connectivity index (χ0v) is 15.3. The summed E-state index contributed by atoms with van der Waals surface area (Å²) in [6, 6.07) is 8.20. The molecule has 1 aliphatic carbocycles. The van der Waals surface area contributed by atoms with Crippen LogP contribution in [0.1, 0.15) is 24.6 Å². The van der Waals surface area contributed by atoms with Crippen LogP contribution >= 0.6 is 0 Å². The fourth-order valence-corrected chi connectivity index (χ4v) is 3.82. The van der Waals surface area contributed by atoms with E-state index in [0.29, 0.717) is 12.5 Å². The second-order valence-electron chi connectivity index (χ2n) is 7.51. The number of pyridine rings is 2. The molecular weight excluding hydrogens is 340 g/mol. The van der Waals surface area contributed by atoms with Crippen molar-refractivity contribution in [2.45, 2.75) is 18.9 Å². The first-order valence-electron chi connectivity index (χ1n) is 9.45. The molecule has 1 saturated heterocycles. The molecule has 3 aromatic heterocycles. The van der Waals surface area contributed by atoms with Gasteiger partial charge in [0.2, 0.25) is 5.91 Å². The number of likely N-dealkylation sites (N-methyl/N-ethyl adjacent to an activating group) is 1.